The zero-order valence-corrected chi connectivity index (χ0v) is 24.0. The van der Waals surface area contributed by atoms with Crippen LogP contribution in [0.15, 0.2) is 11.6 Å². The van der Waals surface area contributed by atoms with Gasteiger partial charge in [-0.05, 0) is 116 Å². The molecule has 0 aromatic carbocycles. The number of rotatable bonds is 3. The Kier molecular flexibility index (Phi) is 6.01. The Morgan fingerprint density at radius 2 is 1.65 bits per heavy atom. The second kappa shape index (κ2) is 8.08. The fourth-order valence-corrected chi connectivity index (χ4v) is 11.7. The zero-order chi connectivity index (χ0) is 24.7. The smallest absolute Gasteiger partial charge is 0.0524 e. The number of fused-ring (bicyclic) bond motifs is 7. The number of nitrogens with one attached hydrogen (secondary N) is 1. The molecule has 194 valence electrons. The van der Waals surface area contributed by atoms with Gasteiger partial charge in [0.1, 0.15) is 0 Å². The van der Waals surface area contributed by atoms with Gasteiger partial charge in [-0.25, -0.2) is 0 Å². The molecule has 0 saturated heterocycles. The normalized spacial score (nSPS) is 54.2. The number of methoxy groups -OCH3 is 1. The van der Waals surface area contributed by atoms with Gasteiger partial charge < -0.3 is 10.1 Å². The van der Waals surface area contributed by atoms with Crippen LogP contribution in [0, 0.1) is 56.7 Å². The van der Waals surface area contributed by atoms with E-state index in [0.717, 1.165) is 36.2 Å². The van der Waals surface area contributed by atoms with Gasteiger partial charge in [0.25, 0.3) is 0 Å². The topological polar surface area (TPSA) is 21.3 Å². The minimum Gasteiger partial charge on any atom is -0.384 e. The summed E-state index contributed by atoms with van der Waals surface area (Å²) in [4.78, 5) is 0. The van der Waals surface area contributed by atoms with Crippen LogP contribution in [0.1, 0.15) is 106 Å². The van der Waals surface area contributed by atoms with E-state index in [9.17, 15) is 0 Å². The lowest BCUT2D eigenvalue weighted by Gasteiger charge is -2.72. The van der Waals surface area contributed by atoms with Crippen LogP contribution >= 0.6 is 0 Å². The SMILES string of the molecule is CN[C@H]1CC[C@@]2(C)C(CC[C@]3(C)[C@@H]2CC=C2[C@@H]4[C@@H](C)[C@H](C)CC[C@]4(COC)CC[C@]23C)C1(C)C. The first-order valence-electron chi connectivity index (χ1n) is 14.8. The van der Waals surface area contributed by atoms with Gasteiger partial charge in [-0.2, -0.15) is 0 Å². The minimum atomic E-state index is 0.348. The van der Waals surface area contributed by atoms with Crippen molar-refractivity contribution in [3.63, 3.8) is 0 Å². The molecule has 5 aliphatic rings. The van der Waals surface area contributed by atoms with Gasteiger partial charge in [0.2, 0.25) is 0 Å². The van der Waals surface area contributed by atoms with Gasteiger partial charge in [-0.15, -0.1) is 0 Å². The summed E-state index contributed by atoms with van der Waals surface area (Å²) < 4.78 is 5.97. The summed E-state index contributed by atoms with van der Waals surface area (Å²) in [6.07, 6.45) is 15.2. The van der Waals surface area contributed by atoms with Crippen molar-refractivity contribution in [1.82, 2.24) is 5.32 Å². The van der Waals surface area contributed by atoms with E-state index in [-0.39, 0.29) is 0 Å². The highest BCUT2D eigenvalue weighted by Gasteiger charge is 2.68. The van der Waals surface area contributed by atoms with E-state index >= 15 is 0 Å². The minimum absolute atomic E-state index is 0.348. The third-order valence-corrected chi connectivity index (χ3v) is 14.0. The maximum Gasteiger partial charge on any atom is 0.0524 e. The van der Waals surface area contributed by atoms with E-state index < -0.39 is 0 Å². The molecule has 0 amide bonds. The van der Waals surface area contributed by atoms with Gasteiger partial charge in [-0.1, -0.05) is 60.1 Å². The largest absolute Gasteiger partial charge is 0.384 e. The van der Waals surface area contributed by atoms with Crippen molar-refractivity contribution in [2.24, 2.45) is 56.7 Å². The molecule has 0 aliphatic heterocycles. The van der Waals surface area contributed by atoms with Crippen molar-refractivity contribution in [2.45, 2.75) is 112 Å². The van der Waals surface area contributed by atoms with E-state index in [0.29, 0.717) is 33.1 Å². The molecule has 0 bridgehead atoms. The van der Waals surface area contributed by atoms with E-state index in [1.165, 1.54) is 57.8 Å². The molecule has 4 fully saturated rings. The first kappa shape index (κ1) is 25.3. The Balaban J connectivity index is 1.58. The van der Waals surface area contributed by atoms with Crippen LogP contribution in [0.25, 0.3) is 0 Å². The van der Waals surface area contributed by atoms with E-state index in [1.807, 2.05) is 12.7 Å². The van der Waals surface area contributed by atoms with Crippen molar-refractivity contribution >= 4 is 0 Å². The van der Waals surface area contributed by atoms with Crippen LogP contribution in [0.4, 0.5) is 0 Å². The van der Waals surface area contributed by atoms with Crippen LogP contribution in [0.2, 0.25) is 0 Å². The monoisotopic (exact) mass is 469 g/mol. The predicted octanol–water partition coefficient (Wildman–Crippen LogP) is 7.88. The predicted molar refractivity (Wildman–Crippen MR) is 144 cm³/mol. The lowest BCUT2D eigenvalue weighted by atomic mass is 9.33. The van der Waals surface area contributed by atoms with Crippen LogP contribution in [0.5, 0.6) is 0 Å². The Hall–Kier alpha value is -0.340. The van der Waals surface area contributed by atoms with E-state index in [4.69, 9.17) is 4.74 Å². The summed E-state index contributed by atoms with van der Waals surface area (Å²) >= 11 is 0. The van der Waals surface area contributed by atoms with Gasteiger partial charge in [-0.3, -0.25) is 0 Å². The molecule has 0 aromatic heterocycles. The fourth-order valence-electron chi connectivity index (χ4n) is 11.7. The van der Waals surface area contributed by atoms with Gasteiger partial charge in [0.15, 0.2) is 0 Å². The standard InChI is InChI=1S/C32H55NO/c1-21-12-17-32(20-34-9)19-18-30(6)23(27(32)22(21)2)10-11-25-29(5)15-14-26(33-8)28(3,4)24(29)13-16-31(25,30)7/h10,21-22,24-27,33H,11-20H2,1-9H3/t21-,22+,24?,25-,26+,27+,29+,30-,31-,32-/m1/s1. The van der Waals surface area contributed by atoms with E-state index in [2.05, 4.69) is 66.9 Å². The number of hydrogen-bond acceptors (Lipinski definition) is 2. The number of hydrogen-bond donors (Lipinski definition) is 1. The molecule has 5 aliphatic carbocycles. The van der Waals surface area contributed by atoms with Crippen molar-refractivity contribution in [3.05, 3.63) is 11.6 Å². The van der Waals surface area contributed by atoms with Gasteiger partial charge in [0.05, 0.1) is 6.61 Å². The molecule has 0 radical (unpaired) electrons. The van der Waals surface area contributed by atoms with Crippen LogP contribution in [-0.4, -0.2) is 26.8 Å². The average molecular weight is 470 g/mol. The molecule has 0 aromatic rings. The van der Waals surface area contributed by atoms with Crippen molar-refractivity contribution < 1.29 is 4.74 Å². The van der Waals surface area contributed by atoms with E-state index in [1.54, 1.807) is 0 Å². The lowest BCUT2D eigenvalue weighted by Crippen LogP contribution is -2.66. The quantitative estimate of drug-likeness (QED) is 0.424. The Morgan fingerprint density at radius 3 is 2.32 bits per heavy atom. The summed E-state index contributed by atoms with van der Waals surface area (Å²) in [5.41, 5.74) is 3.86. The molecule has 1 N–H and O–H groups in total. The van der Waals surface area contributed by atoms with Crippen LogP contribution in [-0.2, 0) is 4.74 Å². The molecule has 2 heteroatoms. The van der Waals surface area contributed by atoms with Crippen molar-refractivity contribution in [2.75, 3.05) is 20.8 Å². The second-order valence-electron chi connectivity index (χ2n) is 15.1. The summed E-state index contributed by atoms with van der Waals surface area (Å²) in [5.74, 6) is 3.96. The summed E-state index contributed by atoms with van der Waals surface area (Å²) in [7, 11) is 4.14. The van der Waals surface area contributed by atoms with Crippen molar-refractivity contribution in [3.8, 4) is 0 Å². The Bertz CT molecular complexity index is 831. The lowest BCUT2D eigenvalue weighted by molar-refractivity contribution is -0.190. The Morgan fingerprint density at radius 1 is 0.912 bits per heavy atom. The summed E-state index contributed by atoms with van der Waals surface area (Å²) in [6, 6.07) is 0.661. The molecule has 10 atom stereocenters. The van der Waals surface area contributed by atoms with Crippen molar-refractivity contribution in [1.29, 1.82) is 0 Å². The number of allylic oxidation sites excluding steroid dienone is 2. The summed E-state index contributed by atoms with van der Waals surface area (Å²) in [6.45, 7) is 19.4. The molecular weight excluding hydrogens is 414 g/mol. The molecule has 0 spiro atoms. The molecular formula is C32H55NO. The molecule has 34 heavy (non-hydrogen) atoms. The second-order valence-corrected chi connectivity index (χ2v) is 15.1. The molecule has 4 saturated carbocycles. The Labute approximate surface area is 211 Å². The third-order valence-electron chi connectivity index (χ3n) is 14.0. The maximum atomic E-state index is 5.97. The average Bonchev–Trinajstić information content (AvgIpc) is 2.77. The van der Waals surface area contributed by atoms with Crippen LogP contribution in [0.3, 0.4) is 0 Å². The molecule has 0 heterocycles. The highest BCUT2D eigenvalue weighted by atomic mass is 16.5. The molecule has 2 nitrogen and oxygen atoms in total. The van der Waals surface area contributed by atoms with Gasteiger partial charge >= 0.3 is 0 Å². The highest BCUT2D eigenvalue weighted by Crippen LogP contribution is 2.75. The first-order valence-corrected chi connectivity index (χ1v) is 14.8. The van der Waals surface area contributed by atoms with Crippen LogP contribution < -0.4 is 5.32 Å². The first-order chi connectivity index (χ1) is 15.9. The van der Waals surface area contributed by atoms with Gasteiger partial charge in [0, 0.05) is 18.6 Å². The highest BCUT2D eigenvalue weighted by molar-refractivity contribution is 5.34. The summed E-state index contributed by atoms with van der Waals surface area (Å²) in [5, 5.41) is 3.71. The maximum absolute atomic E-state index is 5.97. The third kappa shape index (κ3) is 3.06. The zero-order valence-electron chi connectivity index (χ0n) is 24.0. The molecule has 5 rings (SSSR count). The number of ether oxygens (including phenoxy) is 1. The fraction of sp³-hybridized carbons (Fsp3) is 0.938. The molecule has 1 unspecified atom stereocenters.